The van der Waals surface area contributed by atoms with Crippen molar-refractivity contribution in [3.63, 3.8) is 0 Å². The minimum absolute atomic E-state index is 0.0507. The number of hydrogen-bond donors (Lipinski definition) is 2. The summed E-state index contributed by atoms with van der Waals surface area (Å²) in [4.78, 5) is 65.5. The van der Waals surface area contributed by atoms with E-state index in [1.165, 1.54) is 20.1 Å². The summed E-state index contributed by atoms with van der Waals surface area (Å²) >= 11 is 0. The Bertz CT molecular complexity index is 1440. The number of rotatable bonds is 12. The topological polar surface area (TPSA) is 215 Å². The number of aliphatic hydroxyl groups excluding tert-OH is 1. The van der Waals surface area contributed by atoms with Gasteiger partial charge in [0.15, 0.2) is 24.5 Å². The molecule has 4 rings (SSSR count). The van der Waals surface area contributed by atoms with Gasteiger partial charge in [-0.15, -0.1) is 0 Å². The quantitative estimate of drug-likeness (QED) is 0.125. The van der Waals surface area contributed by atoms with Gasteiger partial charge in [-0.3, -0.25) is 19.2 Å². The molecule has 0 aliphatic carbocycles. The lowest BCUT2D eigenvalue weighted by Gasteiger charge is -2.50. The molecule has 3 saturated heterocycles. The summed E-state index contributed by atoms with van der Waals surface area (Å²) in [5.74, 6) is -3.42. The van der Waals surface area contributed by atoms with E-state index in [4.69, 9.17) is 42.6 Å². The molecule has 0 bridgehead atoms. The monoisotopic (exact) mass is 827 g/mol. The van der Waals surface area contributed by atoms with Crippen LogP contribution in [0, 0.1) is 11.8 Å². The fourth-order valence-corrected chi connectivity index (χ4v) is 8.39. The number of hydrogen-bond acceptors (Lipinski definition) is 17. The van der Waals surface area contributed by atoms with Crippen molar-refractivity contribution in [3.8, 4) is 0 Å². The molecule has 2 N–H and O–H groups in total. The smallest absolute Gasteiger partial charge is 0.309 e. The molecule has 3 fully saturated rings. The highest BCUT2D eigenvalue weighted by atomic mass is 16.7. The third kappa shape index (κ3) is 12.6. The summed E-state index contributed by atoms with van der Waals surface area (Å²) in [7, 11) is 4.81. The van der Waals surface area contributed by atoms with Gasteiger partial charge in [-0.1, -0.05) is 13.8 Å². The second-order valence-corrected chi connectivity index (χ2v) is 16.6. The number of carbonyl (C=O) groups is 5. The van der Waals surface area contributed by atoms with Crippen molar-refractivity contribution in [3.05, 3.63) is 12.2 Å². The lowest BCUT2D eigenvalue weighted by atomic mass is 9.83. The zero-order valence-corrected chi connectivity index (χ0v) is 35.5. The number of esters is 3. The molecule has 4 aliphatic heterocycles. The largest absolute Gasteiger partial charge is 0.462 e. The van der Waals surface area contributed by atoms with Gasteiger partial charge in [0.05, 0.1) is 36.9 Å². The van der Waals surface area contributed by atoms with Gasteiger partial charge in [0.25, 0.3) is 0 Å². The van der Waals surface area contributed by atoms with Crippen molar-refractivity contribution < 1.29 is 76.8 Å². The highest BCUT2D eigenvalue weighted by Gasteiger charge is 2.53. The zero-order chi connectivity index (χ0) is 43.1. The van der Waals surface area contributed by atoms with Gasteiger partial charge in [0, 0.05) is 45.6 Å². The first kappa shape index (κ1) is 47.8. The Kier molecular flexibility index (Phi) is 17.4. The van der Waals surface area contributed by atoms with E-state index in [2.05, 4.69) is 0 Å². The Morgan fingerprint density at radius 3 is 2.31 bits per heavy atom. The first-order valence-electron chi connectivity index (χ1n) is 20.4. The summed E-state index contributed by atoms with van der Waals surface area (Å²) in [5, 5.41) is 23.4. The number of aldehydes is 1. The van der Waals surface area contributed by atoms with E-state index >= 15 is 0 Å². The maximum atomic E-state index is 13.4. The summed E-state index contributed by atoms with van der Waals surface area (Å²) in [5.41, 5.74) is -1.50. The number of epoxide rings is 1. The van der Waals surface area contributed by atoms with Crippen molar-refractivity contribution in [2.45, 2.75) is 185 Å². The standard InChI is InChI=1S/C41H65NO16/c1-11-12-31(46)56-39-24(5)52-33(20-41(39,7)49)57-36-23(4)53-40(35(48)34(36)42(8)9)58-37-26(15-16-43)17-21(2)27(45)13-14-28-29(55-28)18-22(3)51-32(47)19-30(38(37)50-10)54-25(6)44/h13-14,16,21-24,26,28-30,33-40,48-49H,11-12,15,17-20H2,1-10H3/b14-13+/t21-,22-,23?,24?,26+,28?,29?,30?,33+,34?,35?,36-,37+,38+,39+,40+,41?/m1/s1. The molecule has 0 spiro atoms. The average molecular weight is 828 g/mol. The van der Waals surface area contributed by atoms with Crippen LogP contribution in [0.15, 0.2) is 12.2 Å². The summed E-state index contributed by atoms with van der Waals surface area (Å²) in [6.07, 6.45) is -7.34. The summed E-state index contributed by atoms with van der Waals surface area (Å²) in [6, 6.07) is -0.797. The molecule has 330 valence electrons. The summed E-state index contributed by atoms with van der Waals surface area (Å²) < 4.78 is 54.1. The fourth-order valence-electron chi connectivity index (χ4n) is 8.39. The van der Waals surface area contributed by atoms with E-state index in [0.717, 1.165) is 0 Å². The van der Waals surface area contributed by atoms with Gasteiger partial charge in [0.2, 0.25) is 0 Å². The third-order valence-electron chi connectivity index (χ3n) is 11.3. The van der Waals surface area contributed by atoms with Crippen LogP contribution in [0.3, 0.4) is 0 Å². The highest BCUT2D eigenvalue weighted by Crippen LogP contribution is 2.38. The SMILES string of the molecule is CCCC(=O)O[C@H]1C(C)O[C@@H](O[C@@H]2C(C)O[C@@H](O[C@H]3[C@@H](CC=O)C[C@@H](C)C(=O)/C=C/C4OC4C[C@@H](C)OC(=O)CC(OC(C)=O)[C@@H]3OC)C(O)C2N(C)C)CC1(C)O. The van der Waals surface area contributed by atoms with Crippen molar-refractivity contribution in [2.75, 3.05) is 21.2 Å². The number of nitrogens with zero attached hydrogens (tertiary/aromatic N) is 1. The van der Waals surface area contributed by atoms with Crippen molar-refractivity contribution in [2.24, 2.45) is 11.8 Å². The van der Waals surface area contributed by atoms with E-state index in [0.29, 0.717) is 19.1 Å². The molecule has 0 saturated carbocycles. The number of cyclic esters (lactones) is 1. The Labute approximate surface area is 341 Å². The normalized spacial score (nSPS) is 42.2. The predicted molar refractivity (Wildman–Crippen MR) is 204 cm³/mol. The van der Waals surface area contributed by atoms with E-state index < -0.39 is 115 Å². The molecule has 8 unspecified atom stereocenters. The first-order valence-corrected chi connectivity index (χ1v) is 20.4. The molecule has 17 nitrogen and oxygen atoms in total. The second-order valence-electron chi connectivity index (χ2n) is 16.6. The molecule has 0 aromatic carbocycles. The van der Waals surface area contributed by atoms with E-state index in [1.54, 1.807) is 59.7 Å². The van der Waals surface area contributed by atoms with Crippen molar-refractivity contribution in [1.29, 1.82) is 0 Å². The highest BCUT2D eigenvalue weighted by molar-refractivity contribution is 5.91. The molecule has 17 heteroatoms. The lowest BCUT2D eigenvalue weighted by Crippen LogP contribution is -2.66. The molecule has 17 atom stereocenters. The Balaban J connectivity index is 1.65. The van der Waals surface area contributed by atoms with Crippen LogP contribution in [0.5, 0.6) is 0 Å². The van der Waals surface area contributed by atoms with Crippen LogP contribution >= 0.6 is 0 Å². The molecule has 0 radical (unpaired) electrons. The summed E-state index contributed by atoms with van der Waals surface area (Å²) in [6.45, 7) is 11.4. The van der Waals surface area contributed by atoms with Gasteiger partial charge in [-0.25, -0.2) is 0 Å². The van der Waals surface area contributed by atoms with Gasteiger partial charge in [0.1, 0.15) is 48.5 Å². The second kappa shape index (κ2) is 21.1. The van der Waals surface area contributed by atoms with Gasteiger partial charge < -0.3 is 62.5 Å². The maximum Gasteiger partial charge on any atom is 0.309 e. The van der Waals surface area contributed by atoms with E-state index in [9.17, 15) is 34.2 Å². The average Bonchev–Trinajstić information content (AvgIpc) is 3.86. The van der Waals surface area contributed by atoms with Crippen LogP contribution in [0.1, 0.15) is 93.4 Å². The fraction of sp³-hybridized carbons (Fsp3) is 0.829. The van der Waals surface area contributed by atoms with Crippen LogP contribution in [0.25, 0.3) is 0 Å². The van der Waals surface area contributed by atoms with Crippen LogP contribution in [-0.4, -0.2) is 158 Å². The molecule has 58 heavy (non-hydrogen) atoms. The van der Waals surface area contributed by atoms with Crippen molar-refractivity contribution >= 4 is 30.0 Å². The van der Waals surface area contributed by atoms with Gasteiger partial charge in [-0.2, -0.15) is 0 Å². The van der Waals surface area contributed by atoms with Crippen molar-refractivity contribution in [1.82, 2.24) is 4.90 Å². The van der Waals surface area contributed by atoms with Crippen LogP contribution in [0.2, 0.25) is 0 Å². The Hall–Kier alpha value is -2.87. The van der Waals surface area contributed by atoms with Crippen LogP contribution in [-0.2, 0) is 66.6 Å². The lowest BCUT2D eigenvalue weighted by molar-refractivity contribution is -0.344. The maximum absolute atomic E-state index is 13.4. The Morgan fingerprint density at radius 2 is 1.71 bits per heavy atom. The first-order chi connectivity index (χ1) is 27.3. The zero-order valence-electron chi connectivity index (χ0n) is 35.5. The minimum atomic E-state index is -1.50. The van der Waals surface area contributed by atoms with Gasteiger partial charge >= 0.3 is 17.9 Å². The number of carbonyl (C=O) groups excluding carboxylic acids is 5. The molecular weight excluding hydrogens is 762 g/mol. The van der Waals surface area contributed by atoms with E-state index in [-0.39, 0.29) is 43.7 Å². The predicted octanol–water partition coefficient (Wildman–Crippen LogP) is 2.19. The number of ketones is 1. The Morgan fingerprint density at radius 1 is 1.00 bits per heavy atom. The number of methoxy groups -OCH3 is 1. The molecular formula is C41H65NO16. The minimum Gasteiger partial charge on any atom is -0.462 e. The van der Waals surface area contributed by atoms with Gasteiger partial charge in [-0.05, 0) is 72.7 Å². The molecule has 4 heterocycles. The number of allylic oxidation sites excluding steroid dienone is 1. The molecule has 4 aliphatic rings. The number of aliphatic hydroxyl groups is 2. The molecule has 0 amide bonds. The van der Waals surface area contributed by atoms with Crippen LogP contribution < -0.4 is 0 Å². The van der Waals surface area contributed by atoms with E-state index in [1.807, 2.05) is 6.92 Å². The number of likely N-dealkylation sites (N-methyl/N-ethyl adjacent to an activating group) is 1. The molecule has 0 aromatic rings. The number of ether oxygens (including phenoxy) is 9. The third-order valence-corrected chi connectivity index (χ3v) is 11.3. The number of fused-ring (bicyclic) bond motifs is 1. The molecule has 0 aromatic heterocycles. The van der Waals surface area contributed by atoms with Crippen LogP contribution in [0.4, 0.5) is 0 Å².